The number of nitrogens with zero attached hydrogens (tertiary/aromatic N) is 1. The molecule has 2 aliphatic rings. The number of likely N-dealkylation sites (tertiary alicyclic amines) is 1. The Morgan fingerprint density at radius 1 is 1.00 bits per heavy atom. The lowest BCUT2D eigenvalue weighted by molar-refractivity contribution is -0.0562. The number of nitrogens with two attached hydrogens (primary N) is 1. The van der Waals surface area contributed by atoms with E-state index in [-0.39, 0.29) is 11.1 Å². The first-order chi connectivity index (χ1) is 10.6. The maximum atomic E-state index is 10.6. The van der Waals surface area contributed by atoms with Crippen LogP contribution < -0.4 is 5.73 Å². The molecule has 0 bridgehead atoms. The highest BCUT2D eigenvalue weighted by atomic mass is 16.5. The Bertz CT molecular complexity index is 333. The Labute approximate surface area is 143 Å². The fourth-order valence-corrected chi connectivity index (χ4v) is 4.72. The summed E-state index contributed by atoms with van der Waals surface area (Å²) in [5.41, 5.74) is 5.27. The summed E-state index contributed by atoms with van der Waals surface area (Å²) in [4.78, 5) is 13.0. The van der Waals surface area contributed by atoms with Crippen LogP contribution in [-0.4, -0.2) is 35.2 Å². The van der Waals surface area contributed by atoms with Crippen molar-refractivity contribution in [1.82, 2.24) is 4.90 Å². The summed E-state index contributed by atoms with van der Waals surface area (Å²) in [6.45, 7) is 12.5. The van der Waals surface area contributed by atoms with E-state index in [9.17, 15) is 4.79 Å². The number of carbonyl (C=O) groups is 1. The molecule has 0 aromatic rings. The maximum absolute atomic E-state index is 10.6. The second kappa shape index (κ2) is 8.91. The minimum atomic E-state index is -0.689. The third kappa shape index (κ3) is 7.11. The standard InChI is InChI=1S/C13H26N2O2.C6H12/c1-10-8-12(2,3)15(13(4,5)9-10)6-7-17-11(14)16;1-2-4-6-5-3-1/h10H,6-9H2,1-5H3,(H2,14,16);1-6H2. The van der Waals surface area contributed by atoms with Crippen LogP contribution in [0.4, 0.5) is 4.79 Å². The van der Waals surface area contributed by atoms with Crippen LogP contribution in [0.2, 0.25) is 0 Å². The van der Waals surface area contributed by atoms with Gasteiger partial charge >= 0.3 is 6.09 Å². The third-order valence-corrected chi connectivity index (χ3v) is 5.22. The molecule has 1 saturated heterocycles. The molecule has 1 heterocycles. The Morgan fingerprint density at radius 3 is 1.74 bits per heavy atom. The highest BCUT2D eigenvalue weighted by Crippen LogP contribution is 2.40. The van der Waals surface area contributed by atoms with Crippen LogP contribution in [0.5, 0.6) is 0 Å². The van der Waals surface area contributed by atoms with Gasteiger partial charge in [-0.25, -0.2) is 4.79 Å². The quantitative estimate of drug-likeness (QED) is 0.817. The zero-order chi connectivity index (χ0) is 17.5. The Balaban J connectivity index is 0.000000366. The largest absolute Gasteiger partial charge is 0.448 e. The van der Waals surface area contributed by atoms with Crippen molar-refractivity contribution >= 4 is 6.09 Å². The zero-order valence-electron chi connectivity index (χ0n) is 16.0. The van der Waals surface area contributed by atoms with Crippen LogP contribution in [-0.2, 0) is 4.74 Å². The van der Waals surface area contributed by atoms with E-state index in [1.54, 1.807) is 0 Å². The van der Waals surface area contributed by atoms with Gasteiger partial charge in [-0.1, -0.05) is 45.4 Å². The number of amides is 1. The van der Waals surface area contributed by atoms with Crippen LogP contribution >= 0.6 is 0 Å². The second-order valence-corrected chi connectivity index (χ2v) is 8.58. The summed E-state index contributed by atoms with van der Waals surface area (Å²) in [5, 5.41) is 0. The summed E-state index contributed by atoms with van der Waals surface area (Å²) in [6.07, 6.45) is 10.7. The summed E-state index contributed by atoms with van der Waals surface area (Å²) in [6, 6.07) is 0. The van der Waals surface area contributed by atoms with E-state index in [4.69, 9.17) is 10.5 Å². The van der Waals surface area contributed by atoms with Crippen molar-refractivity contribution in [2.24, 2.45) is 11.7 Å². The molecule has 1 aliphatic carbocycles. The van der Waals surface area contributed by atoms with Crippen molar-refractivity contribution in [1.29, 1.82) is 0 Å². The van der Waals surface area contributed by atoms with E-state index in [1.807, 2.05) is 0 Å². The second-order valence-electron chi connectivity index (χ2n) is 8.58. The normalized spacial score (nSPS) is 24.4. The number of hydrogen-bond donors (Lipinski definition) is 1. The van der Waals surface area contributed by atoms with E-state index in [1.165, 1.54) is 51.4 Å². The van der Waals surface area contributed by atoms with Gasteiger partial charge in [0.15, 0.2) is 0 Å². The number of carbonyl (C=O) groups excluding carboxylic acids is 1. The SMILES string of the molecule is C1CCCCC1.CC1CC(C)(C)N(CCOC(N)=O)C(C)(C)C1. The topological polar surface area (TPSA) is 55.6 Å². The van der Waals surface area contributed by atoms with Crippen LogP contribution in [0.1, 0.15) is 86.0 Å². The molecule has 23 heavy (non-hydrogen) atoms. The minimum Gasteiger partial charge on any atom is -0.448 e. The molecular formula is C19H38N2O2. The van der Waals surface area contributed by atoms with Crippen molar-refractivity contribution in [2.75, 3.05) is 13.2 Å². The van der Waals surface area contributed by atoms with Crippen LogP contribution in [0, 0.1) is 5.92 Å². The summed E-state index contributed by atoms with van der Waals surface area (Å²) < 4.78 is 4.86. The van der Waals surface area contributed by atoms with Crippen molar-refractivity contribution in [2.45, 2.75) is 97.1 Å². The molecule has 1 aliphatic heterocycles. The van der Waals surface area contributed by atoms with Gasteiger partial charge in [0.05, 0.1) is 0 Å². The molecule has 4 nitrogen and oxygen atoms in total. The summed E-state index contributed by atoms with van der Waals surface area (Å²) in [7, 11) is 0. The predicted molar refractivity (Wildman–Crippen MR) is 96.5 cm³/mol. The van der Waals surface area contributed by atoms with Gasteiger partial charge in [0, 0.05) is 17.6 Å². The minimum absolute atomic E-state index is 0.141. The third-order valence-electron chi connectivity index (χ3n) is 5.22. The van der Waals surface area contributed by atoms with E-state index in [0.717, 1.165) is 12.5 Å². The molecule has 0 aromatic carbocycles. The first-order valence-corrected chi connectivity index (χ1v) is 9.35. The number of ether oxygens (including phenoxy) is 1. The molecule has 2 N–H and O–H groups in total. The number of hydrogen-bond acceptors (Lipinski definition) is 3. The highest BCUT2D eigenvalue weighted by molar-refractivity contribution is 5.64. The Kier molecular flexibility index (Phi) is 7.85. The summed E-state index contributed by atoms with van der Waals surface area (Å²) >= 11 is 0. The van der Waals surface area contributed by atoms with Gasteiger partial charge in [-0.05, 0) is 46.5 Å². The maximum Gasteiger partial charge on any atom is 0.404 e. The van der Waals surface area contributed by atoms with Crippen molar-refractivity contribution in [3.8, 4) is 0 Å². The molecule has 2 rings (SSSR count). The van der Waals surface area contributed by atoms with Crippen molar-refractivity contribution < 1.29 is 9.53 Å². The lowest BCUT2D eigenvalue weighted by Crippen LogP contribution is -2.61. The van der Waals surface area contributed by atoms with Gasteiger partial charge in [0.1, 0.15) is 6.61 Å². The van der Waals surface area contributed by atoms with Gasteiger partial charge in [-0.15, -0.1) is 0 Å². The first-order valence-electron chi connectivity index (χ1n) is 9.35. The molecule has 2 fully saturated rings. The monoisotopic (exact) mass is 326 g/mol. The van der Waals surface area contributed by atoms with Gasteiger partial charge in [0.2, 0.25) is 0 Å². The number of piperidine rings is 1. The lowest BCUT2D eigenvalue weighted by atomic mass is 9.74. The molecule has 0 aromatic heterocycles. The van der Waals surface area contributed by atoms with E-state index < -0.39 is 6.09 Å². The van der Waals surface area contributed by atoms with Gasteiger partial charge in [-0.2, -0.15) is 0 Å². The van der Waals surface area contributed by atoms with Gasteiger partial charge in [-0.3, -0.25) is 4.90 Å². The molecular weight excluding hydrogens is 288 g/mol. The average Bonchev–Trinajstić information content (AvgIpc) is 2.42. The molecule has 0 radical (unpaired) electrons. The fourth-order valence-electron chi connectivity index (χ4n) is 4.72. The molecule has 1 saturated carbocycles. The van der Waals surface area contributed by atoms with Gasteiger partial charge < -0.3 is 10.5 Å². The molecule has 4 heteroatoms. The molecule has 0 unspecified atom stereocenters. The van der Waals surface area contributed by atoms with Crippen molar-refractivity contribution in [3.63, 3.8) is 0 Å². The Hall–Kier alpha value is -0.770. The van der Waals surface area contributed by atoms with Crippen LogP contribution in [0.3, 0.4) is 0 Å². The van der Waals surface area contributed by atoms with E-state index in [2.05, 4.69) is 39.5 Å². The molecule has 0 atom stereocenters. The van der Waals surface area contributed by atoms with Crippen LogP contribution in [0.15, 0.2) is 0 Å². The first kappa shape index (κ1) is 20.3. The Morgan fingerprint density at radius 2 is 1.39 bits per heavy atom. The highest BCUT2D eigenvalue weighted by Gasteiger charge is 2.43. The molecule has 1 amide bonds. The average molecular weight is 327 g/mol. The molecule has 136 valence electrons. The zero-order valence-corrected chi connectivity index (χ0v) is 16.0. The molecule has 0 spiro atoms. The van der Waals surface area contributed by atoms with Gasteiger partial charge in [0.25, 0.3) is 0 Å². The smallest absolute Gasteiger partial charge is 0.404 e. The van der Waals surface area contributed by atoms with E-state index in [0.29, 0.717) is 6.61 Å². The predicted octanol–water partition coefficient (Wildman–Crippen LogP) is 4.71. The fraction of sp³-hybridized carbons (Fsp3) is 0.947. The van der Waals surface area contributed by atoms with Crippen molar-refractivity contribution in [3.05, 3.63) is 0 Å². The lowest BCUT2D eigenvalue weighted by Gasteiger charge is -2.55. The summed E-state index contributed by atoms with van der Waals surface area (Å²) in [5.74, 6) is 0.730. The van der Waals surface area contributed by atoms with Crippen LogP contribution in [0.25, 0.3) is 0 Å². The number of rotatable bonds is 3. The number of primary amides is 1. The van der Waals surface area contributed by atoms with E-state index >= 15 is 0 Å².